The van der Waals surface area contributed by atoms with Gasteiger partial charge in [0.1, 0.15) is 12.0 Å². The summed E-state index contributed by atoms with van der Waals surface area (Å²) >= 11 is 0. The van der Waals surface area contributed by atoms with Crippen molar-refractivity contribution < 1.29 is 9.90 Å². The number of hydrogen-bond acceptors (Lipinski definition) is 4. The van der Waals surface area contributed by atoms with Crippen molar-refractivity contribution in [2.24, 2.45) is 7.05 Å². The molecule has 0 aliphatic carbocycles. The van der Waals surface area contributed by atoms with E-state index in [1.54, 1.807) is 10.9 Å². The number of fused-ring (bicyclic) bond motifs is 1. The summed E-state index contributed by atoms with van der Waals surface area (Å²) in [6.45, 7) is 0.268. The van der Waals surface area contributed by atoms with Crippen LogP contribution in [0.3, 0.4) is 0 Å². The topological polar surface area (TPSA) is 109 Å². The maximum atomic E-state index is 10.6. The standard InChI is InChI=1S/C18H16N6O2/c1-24-9-13(8-22-24)15-6-14-16(20-10-21-17(14)23-15)12-4-2-11(3-5-12)7-19-18(25)26/h2-6,8-10,19H,7H2,1H3,(H,25,26)(H,20,21,23). The van der Waals surface area contributed by atoms with Gasteiger partial charge in [0.25, 0.3) is 0 Å². The van der Waals surface area contributed by atoms with E-state index in [1.165, 1.54) is 6.33 Å². The monoisotopic (exact) mass is 348 g/mol. The van der Waals surface area contributed by atoms with Crippen molar-refractivity contribution in [3.63, 3.8) is 0 Å². The van der Waals surface area contributed by atoms with Gasteiger partial charge in [-0.2, -0.15) is 5.10 Å². The zero-order valence-electron chi connectivity index (χ0n) is 14.0. The lowest BCUT2D eigenvalue weighted by Crippen LogP contribution is -2.19. The number of hydrogen-bond donors (Lipinski definition) is 3. The second-order valence-corrected chi connectivity index (χ2v) is 5.93. The fourth-order valence-electron chi connectivity index (χ4n) is 2.84. The molecule has 3 N–H and O–H groups in total. The van der Waals surface area contributed by atoms with Crippen LogP contribution in [0.15, 0.2) is 49.1 Å². The summed E-state index contributed by atoms with van der Waals surface area (Å²) in [6.07, 6.45) is 4.22. The predicted octanol–water partition coefficient (Wildman–Crippen LogP) is 2.79. The maximum absolute atomic E-state index is 10.6. The Kier molecular flexibility index (Phi) is 3.85. The van der Waals surface area contributed by atoms with Crippen LogP contribution in [-0.4, -0.2) is 35.9 Å². The average molecular weight is 348 g/mol. The van der Waals surface area contributed by atoms with E-state index in [0.717, 1.165) is 39.1 Å². The maximum Gasteiger partial charge on any atom is 0.404 e. The minimum atomic E-state index is -1.04. The highest BCUT2D eigenvalue weighted by atomic mass is 16.4. The molecule has 0 atom stereocenters. The summed E-state index contributed by atoms with van der Waals surface area (Å²) in [5.74, 6) is 0. The average Bonchev–Trinajstić information content (AvgIpc) is 3.26. The molecule has 0 bridgehead atoms. The van der Waals surface area contributed by atoms with Crippen molar-refractivity contribution in [1.29, 1.82) is 0 Å². The summed E-state index contributed by atoms with van der Waals surface area (Å²) < 4.78 is 1.75. The first-order chi connectivity index (χ1) is 12.6. The highest BCUT2D eigenvalue weighted by Crippen LogP contribution is 2.29. The van der Waals surface area contributed by atoms with Gasteiger partial charge in [0.2, 0.25) is 0 Å². The van der Waals surface area contributed by atoms with Crippen molar-refractivity contribution in [1.82, 2.24) is 30.0 Å². The first kappa shape index (κ1) is 15.8. The highest BCUT2D eigenvalue weighted by molar-refractivity contribution is 5.94. The second kappa shape index (κ2) is 6.32. The van der Waals surface area contributed by atoms with Crippen molar-refractivity contribution in [3.05, 3.63) is 54.6 Å². The van der Waals surface area contributed by atoms with Gasteiger partial charge < -0.3 is 15.4 Å². The van der Waals surface area contributed by atoms with E-state index in [1.807, 2.05) is 43.6 Å². The quantitative estimate of drug-likeness (QED) is 0.525. The summed E-state index contributed by atoms with van der Waals surface area (Å²) in [6, 6.07) is 9.64. The number of aromatic nitrogens is 5. The molecule has 26 heavy (non-hydrogen) atoms. The van der Waals surface area contributed by atoms with Crippen molar-refractivity contribution >= 4 is 17.1 Å². The number of carboxylic acid groups (broad SMARTS) is 1. The Morgan fingerprint density at radius 2 is 2.04 bits per heavy atom. The molecule has 3 aromatic heterocycles. The molecule has 4 aromatic rings. The summed E-state index contributed by atoms with van der Waals surface area (Å²) in [5, 5.41) is 16.2. The van der Waals surface area contributed by atoms with E-state index < -0.39 is 6.09 Å². The molecule has 8 nitrogen and oxygen atoms in total. The third-order valence-corrected chi connectivity index (χ3v) is 4.11. The summed E-state index contributed by atoms with van der Waals surface area (Å²) in [5.41, 5.74) is 5.30. The molecule has 0 spiro atoms. The van der Waals surface area contributed by atoms with Gasteiger partial charge in [0, 0.05) is 36.3 Å². The molecule has 0 unspecified atom stereocenters. The number of nitrogens with one attached hydrogen (secondary N) is 2. The van der Waals surface area contributed by atoms with E-state index in [2.05, 4.69) is 25.4 Å². The van der Waals surface area contributed by atoms with Crippen LogP contribution in [0.4, 0.5) is 4.79 Å². The minimum absolute atomic E-state index is 0.268. The lowest BCUT2D eigenvalue weighted by molar-refractivity contribution is 0.194. The van der Waals surface area contributed by atoms with E-state index >= 15 is 0 Å². The van der Waals surface area contributed by atoms with Crippen LogP contribution in [0.2, 0.25) is 0 Å². The minimum Gasteiger partial charge on any atom is -0.465 e. The van der Waals surface area contributed by atoms with Crippen molar-refractivity contribution in [3.8, 4) is 22.5 Å². The molecule has 0 saturated heterocycles. The van der Waals surface area contributed by atoms with E-state index in [-0.39, 0.29) is 6.54 Å². The van der Waals surface area contributed by atoms with Crippen LogP contribution in [-0.2, 0) is 13.6 Å². The Bertz CT molecular complexity index is 1080. The van der Waals surface area contributed by atoms with E-state index in [0.29, 0.717) is 0 Å². The number of aromatic amines is 1. The first-order valence-corrected chi connectivity index (χ1v) is 7.99. The fourth-order valence-corrected chi connectivity index (χ4v) is 2.84. The van der Waals surface area contributed by atoms with Gasteiger partial charge in [-0.05, 0) is 11.6 Å². The zero-order valence-corrected chi connectivity index (χ0v) is 14.0. The molecule has 4 rings (SSSR count). The van der Waals surface area contributed by atoms with Crippen molar-refractivity contribution in [2.45, 2.75) is 6.54 Å². The predicted molar refractivity (Wildman–Crippen MR) is 96.4 cm³/mol. The number of carbonyl (C=O) groups is 1. The van der Waals surface area contributed by atoms with E-state index in [9.17, 15) is 4.79 Å². The number of nitrogens with zero attached hydrogens (tertiary/aromatic N) is 4. The Balaban J connectivity index is 1.70. The van der Waals surface area contributed by atoms with Gasteiger partial charge in [0.15, 0.2) is 0 Å². The first-order valence-electron chi connectivity index (χ1n) is 7.99. The number of amides is 1. The molecule has 130 valence electrons. The van der Waals surface area contributed by atoms with Crippen LogP contribution in [0.5, 0.6) is 0 Å². The van der Waals surface area contributed by atoms with Gasteiger partial charge >= 0.3 is 6.09 Å². The lowest BCUT2D eigenvalue weighted by atomic mass is 10.1. The molecule has 1 amide bonds. The third-order valence-electron chi connectivity index (χ3n) is 4.11. The third kappa shape index (κ3) is 3.00. The molecule has 0 aliphatic rings. The Morgan fingerprint density at radius 3 is 2.73 bits per heavy atom. The number of H-pyrrole nitrogens is 1. The molecule has 8 heteroatoms. The molecule has 0 aliphatic heterocycles. The summed E-state index contributed by atoms with van der Waals surface area (Å²) in [4.78, 5) is 22.6. The Morgan fingerprint density at radius 1 is 1.23 bits per heavy atom. The normalized spacial score (nSPS) is 11.0. The van der Waals surface area contributed by atoms with Crippen LogP contribution >= 0.6 is 0 Å². The van der Waals surface area contributed by atoms with Crippen LogP contribution < -0.4 is 5.32 Å². The van der Waals surface area contributed by atoms with Gasteiger partial charge in [-0.25, -0.2) is 14.8 Å². The van der Waals surface area contributed by atoms with Gasteiger partial charge in [0.05, 0.1) is 17.6 Å². The number of rotatable bonds is 4. The molecule has 0 radical (unpaired) electrons. The number of benzene rings is 1. The molecule has 0 saturated carbocycles. The molecule has 0 fully saturated rings. The smallest absolute Gasteiger partial charge is 0.404 e. The van der Waals surface area contributed by atoms with Crippen LogP contribution in [0.25, 0.3) is 33.5 Å². The van der Waals surface area contributed by atoms with Gasteiger partial charge in [-0.15, -0.1) is 0 Å². The zero-order chi connectivity index (χ0) is 18.1. The molecular formula is C18H16N6O2. The lowest BCUT2D eigenvalue weighted by Gasteiger charge is -2.05. The molecule has 1 aromatic carbocycles. The van der Waals surface area contributed by atoms with Crippen LogP contribution in [0, 0.1) is 0 Å². The summed E-state index contributed by atoms with van der Waals surface area (Å²) in [7, 11) is 1.87. The highest BCUT2D eigenvalue weighted by Gasteiger charge is 2.12. The van der Waals surface area contributed by atoms with Crippen molar-refractivity contribution in [2.75, 3.05) is 0 Å². The fraction of sp³-hybridized carbons (Fsp3) is 0.111. The number of aryl methyl sites for hydroxylation is 1. The second-order valence-electron chi connectivity index (χ2n) is 5.93. The molecule has 3 heterocycles. The van der Waals surface area contributed by atoms with Crippen LogP contribution in [0.1, 0.15) is 5.56 Å². The van der Waals surface area contributed by atoms with E-state index in [4.69, 9.17) is 5.11 Å². The SMILES string of the molecule is Cn1cc(-c2cc3c(-c4ccc(CNC(=O)O)cc4)ncnc3[nH]2)cn1. The Labute approximate surface area is 148 Å². The largest absolute Gasteiger partial charge is 0.465 e. The molecular weight excluding hydrogens is 332 g/mol. The Hall–Kier alpha value is -3.68. The van der Waals surface area contributed by atoms with Gasteiger partial charge in [-0.3, -0.25) is 4.68 Å². The van der Waals surface area contributed by atoms with Gasteiger partial charge in [-0.1, -0.05) is 24.3 Å².